The fourth-order valence-electron chi connectivity index (χ4n) is 2.09. The molecule has 3 heteroatoms. The Balaban J connectivity index is 1.84. The van der Waals surface area contributed by atoms with Gasteiger partial charge < -0.3 is 10.1 Å². The first-order valence-corrected chi connectivity index (χ1v) is 6.05. The van der Waals surface area contributed by atoms with Gasteiger partial charge in [0.25, 0.3) is 0 Å². The van der Waals surface area contributed by atoms with Gasteiger partial charge in [-0.05, 0) is 29.8 Å². The van der Waals surface area contributed by atoms with Crippen molar-refractivity contribution < 1.29 is 9.53 Å². The summed E-state index contributed by atoms with van der Waals surface area (Å²) < 4.78 is 5.11. The summed E-state index contributed by atoms with van der Waals surface area (Å²) in [6.45, 7) is 2.94. The monoisotopic (exact) mass is 241 g/mol. The van der Waals surface area contributed by atoms with Crippen LogP contribution in [-0.4, -0.2) is 19.1 Å². The molecule has 0 saturated carbocycles. The number of carbonyl (C=O) groups excluding carboxylic acids is 1. The van der Waals surface area contributed by atoms with Crippen molar-refractivity contribution in [1.29, 1.82) is 0 Å². The van der Waals surface area contributed by atoms with Crippen molar-refractivity contribution in [3.05, 3.63) is 42.5 Å². The van der Waals surface area contributed by atoms with Crippen LogP contribution < -0.4 is 5.32 Å². The lowest BCUT2D eigenvalue weighted by Gasteiger charge is -2.36. The minimum absolute atomic E-state index is 0.0315. The summed E-state index contributed by atoms with van der Waals surface area (Å²) in [6.07, 6.45) is 0. The summed E-state index contributed by atoms with van der Waals surface area (Å²) >= 11 is 0. The summed E-state index contributed by atoms with van der Waals surface area (Å²) in [7, 11) is 0. The number of hydrogen-bond donors (Lipinski definition) is 1. The van der Waals surface area contributed by atoms with Gasteiger partial charge in [0, 0.05) is 5.69 Å². The fourth-order valence-corrected chi connectivity index (χ4v) is 2.09. The minimum Gasteiger partial charge on any atom is -0.379 e. The molecule has 3 rings (SSSR count). The zero-order valence-electron chi connectivity index (χ0n) is 10.3. The first kappa shape index (κ1) is 11.2. The number of amides is 1. The quantitative estimate of drug-likeness (QED) is 0.878. The zero-order chi connectivity index (χ0) is 12.6. The fraction of sp³-hybridized carbons (Fsp3) is 0.267. The lowest BCUT2D eigenvalue weighted by molar-refractivity contribution is -0.151. The van der Waals surface area contributed by atoms with Crippen LogP contribution in [0.4, 0.5) is 5.69 Å². The number of rotatable bonds is 2. The van der Waals surface area contributed by atoms with E-state index in [-0.39, 0.29) is 11.3 Å². The molecule has 1 aliphatic rings. The minimum atomic E-state index is -0.369. The van der Waals surface area contributed by atoms with Crippen molar-refractivity contribution >= 4 is 22.4 Å². The number of nitrogens with one attached hydrogen (secondary N) is 1. The van der Waals surface area contributed by atoms with Gasteiger partial charge >= 0.3 is 0 Å². The maximum atomic E-state index is 12.1. The zero-order valence-corrected chi connectivity index (χ0v) is 10.3. The molecule has 18 heavy (non-hydrogen) atoms. The highest BCUT2D eigenvalue weighted by Crippen LogP contribution is 2.28. The molecule has 0 aliphatic carbocycles. The van der Waals surface area contributed by atoms with Crippen molar-refractivity contribution in [1.82, 2.24) is 0 Å². The van der Waals surface area contributed by atoms with Crippen LogP contribution >= 0.6 is 0 Å². The Morgan fingerprint density at radius 2 is 1.89 bits per heavy atom. The number of anilines is 1. The molecule has 0 unspecified atom stereocenters. The summed E-state index contributed by atoms with van der Waals surface area (Å²) in [4.78, 5) is 12.1. The Morgan fingerprint density at radius 3 is 2.56 bits per heavy atom. The topological polar surface area (TPSA) is 38.3 Å². The Morgan fingerprint density at radius 1 is 1.17 bits per heavy atom. The molecule has 1 amide bonds. The van der Waals surface area contributed by atoms with E-state index in [9.17, 15) is 4.79 Å². The molecule has 0 atom stereocenters. The van der Waals surface area contributed by atoms with Crippen molar-refractivity contribution in [2.45, 2.75) is 6.92 Å². The predicted molar refractivity (Wildman–Crippen MR) is 71.5 cm³/mol. The van der Waals surface area contributed by atoms with E-state index in [1.54, 1.807) is 0 Å². The molecule has 0 radical (unpaired) electrons. The standard InChI is InChI=1S/C15H15NO2/c1-15(9-18-10-15)14(17)16-13-7-6-11-4-2-3-5-12(11)8-13/h2-8H,9-10H2,1H3,(H,16,17). The van der Waals surface area contributed by atoms with Crippen molar-refractivity contribution in [3.63, 3.8) is 0 Å². The van der Waals surface area contributed by atoms with Crippen molar-refractivity contribution in [2.75, 3.05) is 18.5 Å². The number of carbonyl (C=O) groups is 1. The highest BCUT2D eigenvalue weighted by Gasteiger charge is 2.41. The lowest BCUT2D eigenvalue weighted by atomic mass is 9.87. The maximum Gasteiger partial charge on any atom is 0.234 e. The van der Waals surface area contributed by atoms with Gasteiger partial charge in [-0.15, -0.1) is 0 Å². The third-order valence-electron chi connectivity index (χ3n) is 3.40. The smallest absolute Gasteiger partial charge is 0.234 e. The highest BCUT2D eigenvalue weighted by molar-refractivity contribution is 5.98. The van der Waals surface area contributed by atoms with E-state index < -0.39 is 0 Å². The van der Waals surface area contributed by atoms with Crippen LogP contribution in [0.25, 0.3) is 10.8 Å². The van der Waals surface area contributed by atoms with E-state index in [0.29, 0.717) is 13.2 Å². The first-order chi connectivity index (χ1) is 8.67. The summed E-state index contributed by atoms with van der Waals surface area (Å²) in [5.41, 5.74) is 0.470. The lowest BCUT2D eigenvalue weighted by Crippen LogP contribution is -2.49. The van der Waals surface area contributed by atoms with Crippen molar-refractivity contribution in [2.24, 2.45) is 5.41 Å². The molecule has 1 N–H and O–H groups in total. The Labute approximate surface area is 106 Å². The van der Waals surface area contributed by atoms with E-state index in [2.05, 4.69) is 11.4 Å². The molecule has 1 aliphatic heterocycles. The third kappa shape index (κ3) is 1.87. The summed E-state index contributed by atoms with van der Waals surface area (Å²) in [6, 6.07) is 14.0. The third-order valence-corrected chi connectivity index (χ3v) is 3.40. The van der Waals surface area contributed by atoms with E-state index in [4.69, 9.17) is 4.74 Å². The molecule has 0 spiro atoms. The maximum absolute atomic E-state index is 12.1. The van der Waals surface area contributed by atoms with Crippen LogP contribution in [0.5, 0.6) is 0 Å². The van der Waals surface area contributed by atoms with E-state index in [1.165, 1.54) is 5.39 Å². The second kappa shape index (κ2) is 4.10. The molecule has 0 bridgehead atoms. The molecule has 3 nitrogen and oxygen atoms in total. The van der Waals surface area contributed by atoms with Gasteiger partial charge in [-0.2, -0.15) is 0 Å². The van der Waals surface area contributed by atoms with Gasteiger partial charge in [0.2, 0.25) is 5.91 Å². The molecule has 2 aromatic rings. The average molecular weight is 241 g/mol. The van der Waals surface area contributed by atoms with Crippen LogP contribution in [0.3, 0.4) is 0 Å². The normalized spacial score (nSPS) is 17.2. The molecule has 1 heterocycles. The first-order valence-electron chi connectivity index (χ1n) is 6.05. The molecule has 0 aromatic heterocycles. The van der Waals surface area contributed by atoms with Crippen LogP contribution in [-0.2, 0) is 9.53 Å². The average Bonchev–Trinajstić information content (AvgIpc) is 2.35. The Kier molecular flexibility index (Phi) is 2.56. The Bertz CT molecular complexity index is 602. The summed E-state index contributed by atoms with van der Waals surface area (Å²) in [5.74, 6) is 0.0315. The van der Waals surface area contributed by atoms with Crippen LogP contribution in [0.15, 0.2) is 42.5 Å². The molecule has 2 aromatic carbocycles. The second-order valence-electron chi connectivity index (χ2n) is 5.07. The van der Waals surface area contributed by atoms with Gasteiger partial charge in [-0.3, -0.25) is 4.79 Å². The van der Waals surface area contributed by atoms with Crippen LogP contribution in [0, 0.1) is 5.41 Å². The molecule has 92 valence electrons. The van der Waals surface area contributed by atoms with Crippen molar-refractivity contribution in [3.8, 4) is 0 Å². The number of fused-ring (bicyclic) bond motifs is 1. The van der Waals surface area contributed by atoms with Gasteiger partial charge in [0.1, 0.15) is 0 Å². The van der Waals surface area contributed by atoms with E-state index >= 15 is 0 Å². The van der Waals surface area contributed by atoms with Crippen LogP contribution in [0.1, 0.15) is 6.92 Å². The second-order valence-corrected chi connectivity index (χ2v) is 5.07. The number of benzene rings is 2. The predicted octanol–water partition coefficient (Wildman–Crippen LogP) is 2.81. The Hall–Kier alpha value is -1.87. The van der Waals surface area contributed by atoms with Gasteiger partial charge in [0.05, 0.1) is 18.6 Å². The number of ether oxygens (including phenoxy) is 1. The molecule has 1 saturated heterocycles. The number of hydrogen-bond acceptors (Lipinski definition) is 2. The van der Waals surface area contributed by atoms with E-state index in [1.807, 2.05) is 43.3 Å². The molecule has 1 fully saturated rings. The van der Waals surface area contributed by atoms with Crippen LogP contribution in [0.2, 0.25) is 0 Å². The summed E-state index contributed by atoms with van der Waals surface area (Å²) in [5, 5.41) is 5.26. The highest BCUT2D eigenvalue weighted by atomic mass is 16.5. The molecular formula is C15H15NO2. The largest absolute Gasteiger partial charge is 0.379 e. The van der Waals surface area contributed by atoms with E-state index in [0.717, 1.165) is 11.1 Å². The molecular weight excluding hydrogens is 226 g/mol. The van der Waals surface area contributed by atoms with Gasteiger partial charge in [-0.1, -0.05) is 30.3 Å². The van der Waals surface area contributed by atoms with Gasteiger partial charge in [-0.25, -0.2) is 0 Å². The van der Waals surface area contributed by atoms with Gasteiger partial charge in [0.15, 0.2) is 0 Å². The SMILES string of the molecule is CC1(C(=O)Nc2ccc3ccccc3c2)COC1.